The van der Waals surface area contributed by atoms with Crippen LogP contribution >= 0.6 is 0 Å². The van der Waals surface area contributed by atoms with Crippen molar-refractivity contribution >= 4 is 5.69 Å². The Balaban J connectivity index is 3.36. The molecule has 0 spiro atoms. The lowest BCUT2D eigenvalue weighted by Gasteiger charge is -2.32. The van der Waals surface area contributed by atoms with Gasteiger partial charge < -0.3 is 5.73 Å². The van der Waals surface area contributed by atoms with Crippen molar-refractivity contribution < 1.29 is 0 Å². The summed E-state index contributed by atoms with van der Waals surface area (Å²) in [7, 11) is 0. The molecular weight excluding hydrogens is 230 g/mol. The number of benzene rings is 1. The van der Waals surface area contributed by atoms with Gasteiger partial charge in [-0.05, 0) is 59.8 Å². The minimum absolute atomic E-state index is 0.243. The molecule has 0 aromatic heterocycles. The zero-order chi connectivity index (χ0) is 14.7. The van der Waals surface area contributed by atoms with E-state index in [-0.39, 0.29) is 10.8 Å². The number of hydrogen-bond acceptors (Lipinski definition) is 1. The van der Waals surface area contributed by atoms with Gasteiger partial charge in [0.2, 0.25) is 0 Å². The number of nitrogens with two attached hydrogens (primary N) is 1. The van der Waals surface area contributed by atoms with Crippen molar-refractivity contribution in [1.82, 2.24) is 0 Å². The Morgan fingerprint density at radius 3 is 1.32 bits per heavy atom. The second kappa shape index (κ2) is 5.98. The zero-order valence-corrected chi connectivity index (χ0v) is 13.6. The average Bonchev–Trinajstić information content (AvgIpc) is 2.44. The van der Waals surface area contributed by atoms with Crippen LogP contribution in [0.1, 0.15) is 78.4 Å². The van der Waals surface area contributed by atoms with Crippen LogP contribution in [0.15, 0.2) is 18.2 Å². The van der Waals surface area contributed by atoms with Crippen LogP contribution in [0, 0.1) is 0 Å². The molecule has 2 N–H and O–H groups in total. The van der Waals surface area contributed by atoms with Crippen molar-refractivity contribution in [3.63, 3.8) is 0 Å². The Kier molecular flexibility index (Phi) is 5.06. The Hall–Kier alpha value is -0.980. The quantitative estimate of drug-likeness (QED) is 0.679. The SMILES string of the molecule is CCC(C)(CC)c1cc(N)cc(C(C)(CC)CC)c1. The highest BCUT2D eigenvalue weighted by atomic mass is 14.5. The second-order valence-electron chi connectivity index (χ2n) is 6.38. The molecule has 19 heavy (non-hydrogen) atoms. The van der Waals surface area contributed by atoms with E-state index in [1.54, 1.807) is 0 Å². The van der Waals surface area contributed by atoms with E-state index in [0.29, 0.717) is 0 Å². The van der Waals surface area contributed by atoms with Gasteiger partial charge in [0.1, 0.15) is 0 Å². The topological polar surface area (TPSA) is 26.0 Å². The van der Waals surface area contributed by atoms with Gasteiger partial charge in [0.15, 0.2) is 0 Å². The van der Waals surface area contributed by atoms with Crippen LogP contribution in [0.3, 0.4) is 0 Å². The van der Waals surface area contributed by atoms with Crippen molar-refractivity contribution in [2.45, 2.75) is 78.1 Å². The van der Waals surface area contributed by atoms with Crippen LogP contribution in [-0.4, -0.2) is 0 Å². The Morgan fingerprint density at radius 1 is 0.737 bits per heavy atom. The summed E-state index contributed by atoms with van der Waals surface area (Å²) in [6.07, 6.45) is 4.62. The normalized spacial score (nSPS) is 12.7. The standard InChI is InChI=1S/C18H31N/c1-7-17(5,8-2)14-11-15(13-16(19)12-14)18(6,9-3)10-4/h11-13H,7-10,19H2,1-6H3. The largest absolute Gasteiger partial charge is 0.399 e. The van der Waals surface area contributed by atoms with Crippen molar-refractivity contribution in [2.75, 3.05) is 5.73 Å². The van der Waals surface area contributed by atoms with Gasteiger partial charge in [0.05, 0.1) is 0 Å². The molecule has 1 heteroatoms. The maximum atomic E-state index is 6.17. The van der Waals surface area contributed by atoms with E-state index in [0.717, 1.165) is 31.4 Å². The predicted octanol–water partition coefficient (Wildman–Crippen LogP) is 5.42. The Bertz CT molecular complexity index is 375. The van der Waals surface area contributed by atoms with Crippen molar-refractivity contribution in [3.8, 4) is 0 Å². The Morgan fingerprint density at radius 2 is 1.05 bits per heavy atom. The first-order valence-electron chi connectivity index (χ1n) is 7.76. The lowest BCUT2D eigenvalue weighted by atomic mass is 9.72. The number of anilines is 1. The van der Waals surface area contributed by atoms with Crippen LogP contribution in [0.4, 0.5) is 5.69 Å². The van der Waals surface area contributed by atoms with Crippen LogP contribution < -0.4 is 5.73 Å². The molecule has 0 aliphatic rings. The molecule has 0 atom stereocenters. The van der Waals surface area contributed by atoms with Gasteiger partial charge in [-0.2, -0.15) is 0 Å². The van der Waals surface area contributed by atoms with Gasteiger partial charge in [0, 0.05) is 5.69 Å². The van der Waals surface area contributed by atoms with Gasteiger partial charge in [-0.1, -0.05) is 47.6 Å². The van der Waals surface area contributed by atoms with Crippen molar-refractivity contribution in [1.29, 1.82) is 0 Å². The first-order chi connectivity index (χ1) is 8.85. The van der Waals surface area contributed by atoms with Gasteiger partial charge in [0.25, 0.3) is 0 Å². The highest BCUT2D eigenvalue weighted by Crippen LogP contribution is 2.38. The van der Waals surface area contributed by atoms with Crippen LogP contribution in [0.25, 0.3) is 0 Å². The molecule has 0 bridgehead atoms. The molecule has 0 aliphatic carbocycles. The first kappa shape index (κ1) is 16.1. The van der Waals surface area contributed by atoms with E-state index < -0.39 is 0 Å². The molecule has 108 valence electrons. The molecule has 0 aliphatic heterocycles. The summed E-state index contributed by atoms with van der Waals surface area (Å²) in [6, 6.07) is 6.74. The summed E-state index contributed by atoms with van der Waals surface area (Å²) < 4.78 is 0. The minimum Gasteiger partial charge on any atom is -0.399 e. The summed E-state index contributed by atoms with van der Waals surface area (Å²) in [5.41, 5.74) is 10.4. The summed E-state index contributed by atoms with van der Waals surface area (Å²) in [6.45, 7) is 13.8. The molecular formula is C18H31N. The van der Waals surface area contributed by atoms with Crippen LogP contribution in [-0.2, 0) is 10.8 Å². The summed E-state index contributed by atoms with van der Waals surface area (Å²) in [5, 5.41) is 0. The maximum Gasteiger partial charge on any atom is 0.0319 e. The lowest BCUT2D eigenvalue weighted by Crippen LogP contribution is -2.24. The molecule has 1 aromatic rings. The third kappa shape index (κ3) is 3.13. The monoisotopic (exact) mass is 261 g/mol. The zero-order valence-electron chi connectivity index (χ0n) is 13.6. The third-order valence-corrected chi connectivity index (χ3v) is 5.47. The van der Waals surface area contributed by atoms with E-state index in [2.05, 4.69) is 59.7 Å². The fourth-order valence-electron chi connectivity index (χ4n) is 2.67. The van der Waals surface area contributed by atoms with Gasteiger partial charge in [-0.3, -0.25) is 0 Å². The highest BCUT2D eigenvalue weighted by Gasteiger charge is 2.27. The molecule has 0 fully saturated rings. The summed E-state index contributed by atoms with van der Waals surface area (Å²) in [5.74, 6) is 0. The number of rotatable bonds is 6. The van der Waals surface area contributed by atoms with Crippen molar-refractivity contribution in [3.05, 3.63) is 29.3 Å². The molecule has 0 saturated carbocycles. The molecule has 0 radical (unpaired) electrons. The molecule has 0 amide bonds. The first-order valence-corrected chi connectivity index (χ1v) is 7.76. The summed E-state index contributed by atoms with van der Waals surface area (Å²) >= 11 is 0. The molecule has 0 saturated heterocycles. The van der Waals surface area contributed by atoms with Gasteiger partial charge >= 0.3 is 0 Å². The average molecular weight is 261 g/mol. The smallest absolute Gasteiger partial charge is 0.0319 e. The maximum absolute atomic E-state index is 6.17. The molecule has 1 rings (SSSR count). The molecule has 0 heterocycles. The fraction of sp³-hybridized carbons (Fsp3) is 0.667. The van der Waals surface area contributed by atoms with E-state index in [4.69, 9.17) is 5.73 Å². The Labute approximate surface area is 119 Å². The van der Waals surface area contributed by atoms with E-state index in [1.165, 1.54) is 11.1 Å². The second-order valence-corrected chi connectivity index (χ2v) is 6.38. The molecule has 1 nitrogen and oxygen atoms in total. The van der Waals surface area contributed by atoms with Crippen molar-refractivity contribution in [2.24, 2.45) is 0 Å². The number of hydrogen-bond donors (Lipinski definition) is 1. The molecule has 0 unspecified atom stereocenters. The highest BCUT2D eigenvalue weighted by molar-refractivity contribution is 5.49. The fourth-order valence-corrected chi connectivity index (χ4v) is 2.67. The van der Waals surface area contributed by atoms with Crippen LogP contribution in [0.5, 0.6) is 0 Å². The lowest BCUT2D eigenvalue weighted by molar-refractivity contribution is 0.424. The van der Waals surface area contributed by atoms with E-state index in [1.807, 2.05) is 0 Å². The molecule has 1 aromatic carbocycles. The number of nitrogen functional groups attached to an aromatic ring is 1. The van der Waals surface area contributed by atoms with E-state index >= 15 is 0 Å². The summed E-state index contributed by atoms with van der Waals surface area (Å²) in [4.78, 5) is 0. The van der Waals surface area contributed by atoms with Gasteiger partial charge in [-0.25, -0.2) is 0 Å². The minimum atomic E-state index is 0.243. The van der Waals surface area contributed by atoms with E-state index in [9.17, 15) is 0 Å². The van der Waals surface area contributed by atoms with Gasteiger partial charge in [-0.15, -0.1) is 0 Å². The predicted molar refractivity (Wildman–Crippen MR) is 86.7 cm³/mol. The third-order valence-electron chi connectivity index (χ3n) is 5.47. The van der Waals surface area contributed by atoms with Crippen LogP contribution in [0.2, 0.25) is 0 Å².